The van der Waals surface area contributed by atoms with Gasteiger partial charge in [0.2, 0.25) is 11.9 Å². The molecule has 0 bridgehead atoms. The van der Waals surface area contributed by atoms with Crippen molar-refractivity contribution in [2.45, 2.75) is 13.8 Å². The van der Waals surface area contributed by atoms with Gasteiger partial charge in [-0.3, -0.25) is 9.48 Å². The fraction of sp³-hybridized carbons (Fsp3) is 0.357. The standard InChI is InChI=1S/C28H38N8O2/c1-8-27(37)32-25(20(3)35(5)15-14-34(4)9-2)17-23(19-38-7)31-28-29-13-12-24(33-28)21-10-11-26-22(16-21)18-30-36(26)6/h8,10-13,16-18H,1,9,14-15,19H2,2-7H3,(H,32,37)(H,29,31,33)/b23-17+,25-20-. The van der Waals surface area contributed by atoms with Gasteiger partial charge in [0.15, 0.2) is 0 Å². The molecule has 2 aromatic heterocycles. The van der Waals surface area contributed by atoms with Gasteiger partial charge in [-0.05, 0) is 50.9 Å². The highest BCUT2D eigenvalue weighted by molar-refractivity contribution is 5.88. The highest BCUT2D eigenvalue weighted by Crippen LogP contribution is 2.23. The van der Waals surface area contributed by atoms with Gasteiger partial charge in [-0.15, -0.1) is 0 Å². The first-order valence-electron chi connectivity index (χ1n) is 12.5. The van der Waals surface area contributed by atoms with E-state index in [0.29, 0.717) is 17.3 Å². The fourth-order valence-electron chi connectivity index (χ4n) is 3.76. The zero-order valence-corrected chi connectivity index (χ0v) is 23.2. The summed E-state index contributed by atoms with van der Waals surface area (Å²) >= 11 is 0. The lowest BCUT2D eigenvalue weighted by Gasteiger charge is -2.25. The normalized spacial score (nSPS) is 12.4. The van der Waals surface area contributed by atoms with Gasteiger partial charge >= 0.3 is 0 Å². The number of carbonyl (C=O) groups excluding carboxylic acids is 1. The van der Waals surface area contributed by atoms with Gasteiger partial charge in [0.25, 0.3) is 0 Å². The SMILES string of the molecule is C=CC(=O)NC(/C=C(\COC)Nc1nccc(-c2ccc3c(cnn3C)c2)n1)=C(/C)N(C)CCN(C)CC. The van der Waals surface area contributed by atoms with Crippen molar-refractivity contribution in [2.24, 2.45) is 7.05 Å². The van der Waals surface area contributed by atoms with Crippen molar-refractivity contribution in [3.8, 4) is 11.3 Å². The van der Waals surface area contributed by atoms with E-state index in [1.165, 1.54) is 6.08 Å². The summed E-state index contributed by atoms with van der Waals surface area (Å²) in [7, 11) is 7.61. The number of allylic oxidation sites excluding steroid dienone is 2. The van der Waals surface area contributed by atoms with Crippen LogP contribution >= 0.6 is 0 Å². The molecular weight excluding hydrogens is 480 g/mol. The van der Waals surface area contributed by atoms with Crippen LogP contribution in [0.3, 0.4) is 0 Å². The predicted molar refractivity (Wildman–Crippen MR) is 152 cm³/mol. The van der Waals surface area contributed by atoms with E-state index in [4.69, 9.17) is 9.72 Å². The van der Waals surface area contributed by atoms with Crippen LogP contribution in [0.15, 0.2) is 72.5 Å². The number of hydrogen-bond acceptors (Lipinski definition) is 8. The highest BCUT2D eigenvalue weighted by atomic mass is 16.5. The van der Waals surface area contributed by atoms with Crippen molar-refractivity contribution in [1.82, 2.24) is 34.9 Å². The van der Waals surface area contributed by atoms with Gasteiger partial charge in [0.05, 0.1) is 29.7 Å². The molecule has 3 rings (SSSR count). The number of rotatable bonds is 13. The number of fused-ring (bicyclic) bond motifs is 1. The molecule has 38 heavy (non-hydrogen) atoms. The summed E-state index contributed by atoms with van der Waals surface area (Å²) in [6, 6.07) is 7.97. The molecule has 0 atom stereocenters. The fourth-order valence-corrected chi connectivity index (χ4v) is 3.76. The predicted octanol–water partition coefficient (Wildman–Crippen LogP) is 3.39. The number of benzene rings is 1. The molecule has 202 valence electrons. The maximum Gasteiger partial charge on any atom is 0.247 e. The van der Waals surface area contributed by atoms with Crippen LogP contribution in [0.5, 0.6) is 0 Å². The average molecular weight is 519 g/mol. The van der Waals surface area contributed by atoms with Crippen molar-refractivity contribution >= 4 is 22.8 Å². The minimum atomic E-state index is -0.296. The molecule has 0 saturated heterocycles. The number of ether oxygens (including phenoxy) is 1. The number of anilines is 1. The molecule has 1 aromatic carbocycles. The van der Waals surface area contributed by atoms with Crippen LogP contribution in [-0.4, -0.2) is 82.9 Å². The first kappa shape index (κ1) is 28.5. The van der Waals surface area contributed by atoms with E-state index in [1.807, 2.05) is 56.2 Å². The number of nitrogens with one attached hydrogen (secondary N) is 2. The van der Waals surface area contributed by atoms with Crippen LogP contribution in [0.1, 0.15) is 13.8 Å². The highest BCUT2D eigenvalue weighted by Gasteiger charge is 2.12. The first-order chi connectivity index (χ1) is 18.2. The van der Waals surface area contributed by atoms with E-state index in [1.54, 1.807) is 13.3 Å². The van der Waals surface area contributed by atoms with Gasteiger partial charge in [-0.2, -0.15) is 5.10 Å². The largest absolute Gasteiger partial charge is 0.378 e. The quantitative estimate of drug-likeness (QED) is 0.262. The third-order valence-corrected chi connectivity index (χ3v) is 6.35. The Morgan fingerprint density at radius 3 is 2.74 bits per heavy atom. The van der Waals surface area contributed by atoms with Gasteiger partial charge in [-0.1, -0.05) is 19.6 Å². The number of likely N-dealkylation sites (N-methyl/N-ethyl adjacent to an activating group) is 2. The molecule has 3 aromatic rings. The first-order valence-corrected chi connectivity index (χ1v) is 12.5. The summed E-state index contributed by atoms with van der Waals surface area (Å²) in [4.78, 5) is 25.7. The van der Waals surface area contributed by atoms with Crippen molar-refractivity contribution in [2.75, 3.05) is 52.8 Å². The minimum absolute atomic E-state index is 0.262. The lowest BCUT2D eigenvalue weighted by molar-refractivity contribution is -0.115. The smallest absolute Gasteiger partial charge is 0.247 e. The molecule has 0 radical (unpaired) electrons. The van der Waals surface area contributed by atoms with Gasteiger partial charge < -0.3 is 25.2 Å². The topological polar surface area (TPSA) is 100 Å². The molecule has 2 N–H and O–H groups in total. The third-order valence-electron chi connectivity index (χ3n) is 6.35. The number of nitrogens with zero attached hydrogens (tertiary/aromatic N) is 6. The summed E-state index contributed by atoms with van der Waals surface area (Å²) < 4.78 is 7.28. The van der Waals surface area contributed by atoms with Crippen molar-refractivity contribution in [3.05, 3.63) is 72.5 Å². The van der Waals surface area contributed by atoms with Crippen molar-refractivity contribution in [1.29, 1.82) is 0 Å². The number of amides is 1. The Kier molecular flexibility index (Phi) is 10.1. The molecule has 1 amide bonds. The molecule has 0 spiro atoms. The summed E-state index contributed by atoms with van der Waals surface area (Å²) in [5.74, 6) is 0.123. The Morgan fingerprint density at radius 2 is 2.03 bits per heavy atom. The Bertz CT molecular complexity index is 1330. The molecule has 0 aliphatic heterocycles. The number of aryl methyl sites for hydroxylation is 1. The second kappa shape index (κ2) is 13.5. The van der Waals surface area contributed by atoms with Crippen molar-refractivity contribution < 1.29 is 9.53 Å². The van der Waals surface area contributed by atoms with Crippen LogP contribution in [0, 0.1) is 0 Å². The summed E-state index contributed by atoms with van der Waals surface area (Å²) in [5.41, 5.74) is 5.01. The average Bonchev–Trinajstić information content (AvgIpc) is 3.30. The molecule has 0 aliphatic rings. The van der Waals surface area contributed by atoms with E-state index in [2.05, 4.69) is 57.1 Å². The number of aromatic nitrogens is 4. The van der Waals surface area contributed by atoms with Crippen LogP contribution in [0.2, 0.25) is 0 Å². The Balaban J connectivity index is 1.90. The third kappa shape index (κ3) is 7.50. The molecule has 10 heteroatoms. The van der Waals surface area contributed by atoms with Gasteiger partial charge in [0, 0.05) is 62.8 Å². The van der Waals surface area contributed by atoms with Crippen LogP contribution in [-0.2, 0) is 16.6 Å². The van der Waals surface area contributed by atoms with E-state index in [0.717, 1.165) is 47.5 Å². The molecule has 0 fully saturated rings. The number of hydrogen-bond donors (Lipinski definition) is 2. The van der Waals surface area contributed by atoms with Crippen LogP contribution in [0.25, 0.3) is 22.2 Å². The lowest BCUT2D eigenvalue weighted by Crippen LogP contribution is -2.32. The number of methoxy groups -OCH3 is 1. The maximum absolute atomic E-state index is 12.3. The molecule has 0 unspecified atom stereocenters. The second-order valence-corrected chi connectivity index (χ2v) is 9.04. The second-order valence-electron chi connectivity index (χ2n) is 9.04. The van der Waals surface area contributed by atoms with Gasteiger partial charge in [0.1, 0.15) is 0 Å². The number of carbonyl (C=O) groups is 1. The summed E-state index contributed by atoms with van der Waals surface area (Å²) in [6.45, 7) is 10.6. The monoisotopic (exact) mass is 518 g/mol. The molecule has 0 saturated carbocycles. The molecular formula is C28H38N8O2. The molecule has 2 heterocycles. The van der Waals surface area contributed by atoms with E-state index >= 15 is 0 Å². The zero-order chi connectivity index (χ0) is 27.7. The van der Waals surface area contributed by atoms with Crippen molar-refractivity contribution in [3.63, 3.8) is 0 Å². The summed E-state index contributed by atoms with van der Waals surface area (Å²) in [5, 5.41) is 11.5. The summed E-state index contributed by atoms with van der Waals surface area (Å²) in [6.07, 6.45) is 6.64. The van der Waals surface area contributed by atoms with E-state index in [-0.39, 0.29) is 12.5 Å². The minimum Gasteiger partial charge on any atom is -0.378 e. The lowest BCUT2D eigenvalue weighted by atomic mass is 10.1. The van der Waals surface area contributed by atoms with Gasteiger partial charge in [-0.25, -0.2) is 9.97 Å². The maximum atomic E-state index is 12.3. The van der Waals surface area contributed by atoms with Crippen LogP contribution in [0.4, 0.5) is 5.95 Å². The zero-order valence-electron chi connectivity index (χ0n) is 23.2. The Morgan fingerprint density at radius 1 is 1.24 bits per heavy atom. The molecule has 0 aliphatic carbocycles. The van der Waals surface area contributed by atoms with E-state index in [9.17, 15) is 4.79 Å². The van der Waals surface area contributed by atoms with E-state index < -0.39 is 0 Å². The van der Waals surface area contributed by atoms with Crippen LogP contribution < -0.4 is 10.6 Å². The Hall–Kier alpha value is -4.02. The molecule has 10 nitrogen and oxygen atoms in total. The Labute approximate surface area is 224 Å².